The molecule has 0 aliphatic carbocycles. The lowest BCUT2D eigenvalue weighted by molar-refractivity contribution is 0.0992. The van der Waals surface area contributed by atoms with Crippen molar-refractivity contribution in [3.05, 3.63) is 80.5 Å². The Kier molecular flexibility index (Phi) is 6.01. The molecule has 0 amide bonds. The first kappa shape index (κ1) is 20.4. The van der Waals surface area contributed by atoms with Crippen molar-refractivity contribution in [2.24, 2.45) is 0 Å². The number of Topliss-reactive ketones (excluding diaryl/α,β-unsaturated/α-hetero) is 1. The Labute approximate surface area is 183 Å². The number of carbonyl (C=O) groups excluding carboxylic acids is 1. The number of ether oxygens (including phenoxy) is 1. The zero-order chi connectivity index (χ0) is 21.1. The second kappa shape index (κ2) is 8.85. The van der Waals surface area contributed by atoms with E-state index in [1.165, 1.54) is 0 Å². The Hall–Kier alpha value is -2.90. The summed E-state index contributed by atoms with van der Waals surface area (Å²) in [5.74, 6) is 0.829. The normalized spacial score (nSPS) is 10.9. The van der Waals surface area contributed by atoms with E-state index in [2.05, 4.69) is 15.3 Å². The molecule has 0 aliphatic heterocycles. The molecule has 0 unspecified atom stereocenters. The Bertz CT molecular complexity index is 1160. The first-order valence-corrected chi connectivity index (χ1v) is 11.2. The molecule has 7 heteroatoms. The van der Waals surface area contributed by atoms with E-state index in [1.54, 1.807) is 36.0 Å². The second-order valence-corrected chi connectivity index (χ2v) is 9.08. The van der Waals surface area contributed by atoms with Crippen molar-refractivity contribution in [1.82, 2.24) is 15.0 Å². The lowest BCUT2D eigenvalue weighted by atomic mass is 10.0. The van der Waals surface area contributed by atoms with Crippen molar-refractivity contribution in [3.63, 3.8) is 0 Å². The van der Waals surface area contributed by atoms with Gasteiger partial charge in [0, 0.05) is 35.7 Å². The minimum Gasteiger partial charge on any atom is -0.497 e. The van der Waals surface area contributed by atoms with E-state index >= 15 is 0 Å². The zero-order valence-corrected chi connectivity index (χ0v) is 18.6. The van der Waals surface area contributed by atoms with Crippen molar-refractivity contribution in [1.29, 1.82) is 0 Å². The quantitative estimate of drug-likeness (QED) is 0.368. The van der Waals surface area contributed by atoms with Crippen molar-refractivity contribution in [2.75, 3.05) is 7.11 Å². The van der Waals surface area contributed by atoms with Crippen molar-refractivity contribution in [2.45, 2.75) is 26.7 Å². The van der Waals surface area contributed by atoms with Crippen molar-refractivity contribution < 1.29 is 9.53 Å². The lowest BCUT2D eigenvalue weighted by Crippen LogP contribution is -2.05. The Balaban J connectivity index is 1.41. The number of thiazole rings is 2. The van der Waals surface area contributed by atoms with Gasteiger partial charge >= 0.3 is 0 Å². The van der Waals surface area contributed by atoms with Gasteiger partial charge in [0.15, 0.2) is 5.78 Å². The molecule has 0 radical (unpaired) electrons. The van der Waals surface area contributed by atoms with E-state index in [9.17, 15) is 4.79 Å². The molecule has 3 aromatic heterocycles. The van der Waals surface area contributed by atoms with E-state index in [0.29, 0.717) is 18.4 Å². The molecular formula is C23H21N3O2S2. The lowest BCUT2D eigenvalue weighted by Gasteiger charge is -2.04. The number of nitrogens with zero attached hydrogens (tertiary/aromatic N) is 3. The van der Waals surface area contributed by atoms with Gasteiger partial charge in [-0.05, 0) is 43.7 Å². The van der Waals surface area contributed by atoms with Gasteiger partial charge in [-0.1, -0.05) is 12.1 Å². The molecule has 30 heavy (non-hydrogen) atoms. The molecule has 0 fully saturated rings. The summed E-state index contributed by atoms with van der Waals surface area (Å²) in [5.41, 5.74) is 4.46. The van der Waals surface area contributed by atoms with Crippen LogP contribution in [0.1, 0.15) is 37.3 Å². The average Bonchev–Trinajstić information content (AvgIpc) is 3.34. The summed E-state index contributed by atoms with van der Waals surface area (Å²) < 4.78 is 5.15. The molecule has 0 atom stereocenters. The third kappa shape index (κ3) is 4.63. The molecule has 5 nitrogen and oxygen atoms in total. The van der Waals surface area contributed by atoms with Crippen LogP contribution in [0.3, 0.4) is 0 Å². The first-order valence-electron chi connectivity index (χ1n) is 9.51. The molecule has 0 N–H and O–H groups in total. The molecule has 0 bridgehead atoms. The monoisotopic (exact) mass is 435 g/mol. The van der Waals surface area contributed by atoms with Crippen LogP contribution in [0, 0.1) is 13.8 Å². The van der Waals surface area contributed by atoms with Crippen LogP contribution in [0.25, 0.3) is 10.6 Å². The summed E-state index contributed by atoms with van der Waals surface area (Å²) in [4.78, 5) is 27.4. The van der Waals surface area contributed by atoms with Gasteiger partial charge in [0.1, 0.15) is 5.75 Å². The number of rotatable bonds is 7. The minimum atomic E-state index is 0.0480. The maximum Gasteiger partial charge on any atom is 0.168 e. The van der Waals surface area contributed by atoms with Gasteiger partial charge in [-0.15, -0.1) is 22.7 Å². The third-order valence-electron chi connectivity index (χ3n) is 4.69. The van der Waals surface area contributed by atoms with Crippen LogP contribution in [0.2, 0.25) is 0 Å². The van der Waals surface area contributed by atoms with Gasteiger partial charge in [-0.2, -0.15) is 0 Å². The van der Waals surface area contributed by atoms with Crippen LogP contribution < -0.4 is 4.74 Å². The van der Waals surface area contributed by atoms with E-state index in [0.717, 1.165) is 43.3 Å². The number of hydrogen-bond donors (Lipinski definition) is 0. The SMILES string of the molecule is COc1ccc(CC(=O)c2ccc(Cc3nc(-c4sc(C)nc4C)cs3)nc2)cc1. The summed E-state index contributed by atoms with van der Waals surface area (Å²) in [6, 6.07) is 11.3. The number of hydrogen-bond acceptors (Lipinski definition) is 7. The molecule has 3 heterocycles. The maximum atomic E-state index is 12.5. The van der Waals surface area contributed by atoms with Gasteiger partial charge in [-0.25, -0.2) is 9.97 Å². The first-order chi connectivity index (χ1) is 14.5. The van der Waals surface area contributed by atoms with Crippen molar-refractivity contribution in [3.8, 4) is 16.3 Å². The Morgan fingerprint density at radius 3 is 2.50 bits per heavy atom. The zero-order valence-electron chi connectivity index (χ0n) is 17.0. The molecule has 4 rings (SSSR count). The minimum absolute atomic E-state index is 0.0480. The summed E-state index contributed by atoms with van der Waals surface area (Å²) in [6.07, 6.45) is 2.65. The molecular weight excluding hydrogens is 414 g/mol. The van der Waals surface area contributed by atoms with Crippen LogP contribution >= 0.6 is 22.7 Å². The highest BCUT2D eigenvalue weighted by molar-refractivity contribution is 7.15. The van der Waals surface area contributed by atoms with Crippen LogP contribution in [-0.4, -0.2) is 27.8 Å². The second-order valence-electron chi connectivity index (χ2n) is 6.94. The van der Waals surface area contributed by atoms with Crippen LogP contribution in [0.5, 0.6) is 5.75 Å². The van der Waals surface area contributed by atoms with E-state index < -0.39 is 0 Å². The molecule has 1 aromatic carbocycles. The van der Waals surface area contributed by atoms with Gasteiger partial charge < -0.3 is 4.74 Å². The fraction of sp³-hybridized carbons (Fsp3) is 0.217. The molecule has 4 aromatic rings. The number of pyridine rings is 1. The summed E-state index contributed by atoms with van der Waals surface area (Å²) in [7, 11) is 1.63. The van der Waals surface area contributed by atoms with Gasteiger partial charge in [0.05, 0.1) is 33.4 Å². The summed E-state index contributed by atoms with van der Waals surface area (Å²) >= 11 is 3.29. The number of aromatic nitrogens is 3. The smallest absolute Gasteiger partial charge is 0.168 e. The van der Waals surface area contributed by atoms with E-state index in [1.807, 2.05) is 50.2 Å². The Morgan fingerprint density at radius 2 is 1.87 bits per heavy atom. The predicted molar refractivity (Wildman–Crippen MR) is 121 cm³/mol. The van der Waals surface area contributed by atoms with Crippen LogP contribution in [0.15, 0.2) is 48.0 Å². The summed E-state index contributed by atoms with van der Waals surface area (Å²) in [5, 5.41) is 4.12. The third-order valence-corrected chi connectivity index (χ3v) is 6.63. The van der Waals surface area contributed by atoms with Crippen LogP contribution in [-0.2, 0) is 12.8 Å². The average molecular weight is 436 g/mol. The molecule has 152 valence electrons. The molecule has 0 saturated heterocycles. The van der Waals surface area contributed by atoms with E-state index in [4.69, 9.17) is 9.72 Å². The fourth-order valence-electron chi connectivity index (χ4n) is 3.15. The number of benzene rings is 1. The highest BCUT2D eigenvalue weighted by Crippen LogP contribution is 2.31. The number of methoxy groups -OCH3 is 1. The largest absolute Gasteiger partial charge is 0.497 e. The molecule has 0 aliphatic rings. The standard InChI is InChI=1S/C23H21N3O2S2/c1-14-23(30-15(2)25-14)20-13-29-22(26-20)11-18-7-6-17(12-24-18)21(27)10-16-4-8-19(28-3)9-5-16/h4-9,12-13H,10-11H2,1-3H3. The maximum absolute atomic E-state index is 12.5. The topological polar surface area (TPSA) is 65.0 Å². The molecule has 0 spiro atoms. The van der Waals surface area contributed by atoms with Crippen molar-refractivity contribution >= 4 is 28.5 Å². The highest BCUT2D eigenvalue weighted by Gasteiger charge is 2.13. The molecule has 0 saturated carbocycles. The van der Waals surface area contributed by atoms with Gasteiger partial charge in [0.2, 0.25) is 0 Å². The Morgan fingerprint density at radius 1 is 1.07 bits per heavy atom. The summed E-state index contributed by atoms with van der Waals surface area (Å²) in [6.45, 7) is 4.02. The number of aryl methyl sites for hydroxylation is 2. The van der Waals surface area contributed by atoms with Crippen LogP contribution in [0.4, 0.5) is 0 Å². The van der Waals surface area contributed by atoms with Gasteiger partial charge in [0.25, 0.3) is 0 Å². The number of carbonyl (C=O) groups is 1. The highest BCUT2D eigenvalue weighted by atomic mass is 32.1. The number of ketones is 1. The predicted octanol–water partition coefficient (Wildman–Crippen LogP) is 5.30. The van der Waals surface area contributed by atoms with E-state index in [-0.39, 0.29) is 5.78 Å². The fourth-order valence-corrected chi connectivity index (χ4v) is 4.90. The van der Waals surface area contributed by atoms with Gasteiger partial charge in [-0.3, -0.25) is 9.78 Å².